The van der Waals surface area contributed by atoms with Crippen molar-refractivity contribution in [2.45, 2.75) is 13.8 Å². The maximum atomic E-state index is 13.5. The molecular weight excluding hydrogens is 376 g/mol. The van der Waals surface area contributed by atoms with Crippen LogP contribution >= 0.6 is 0 Å². The number of rotatable bonds is 5. The topological polar surface area (TPSA) is 58.6 Å². The molecule has 0 radical (unpaired) electrons. The smallest absolute Gasteiger partial charge is 0.282 e. The molecule has 2 amide bonds. The van der Waals surface area contributed by atoms with Crippen LogP contribution < -0.4 is 15.0 Å². The summed E-state index contributed by atoms with van der Waals surface area (Å²) in [6, 6.07) is 22.2. The number of methoxy groups -OCH3 is 1. The fourth-order valence-corrected chi connectivity index (χ4v) is 3.55. The third kappa shape index (κ3) is 3.35. The minimum absolute atomic E-state index is 0.233. The number of carbonyl (C=O) groups is 2. The highest BCUT2D eigenvalue weighted by molar-refractivity contribution is 6.46. The minimum Gasteiger partial charge on any atom is -0.495 e. The van der Waals surface area contributed by atoms with Gasteiger partial charge in [-0.1, -0.05) is 60.2 Å². The third-order valence-corrected chi connectivity index (χ3v) is 5.15. The lowest BCUT2D eigenvalue weighted by Crippen LogP contribution is -2.33. The lowest BCUT2D eigenvalue weighted by atomic mass is 10.0. The summed E-state index contributed by atoms with van der Waals surface area (Å²) >= 11 is 0. The van der Waals surface area contributed by atoms with E-state index in [1.807, 2.05) is 74.5 Å². The second kappa shape index (κ2) is 7.87. The fourth-order valence-electron chi connectivity index (χ4n) is 3.55. The molecule has 3 aromatic rings. The molecule has 5 heteroatoms. The van der Waals surface area contributed by atoms with E-state index < -0.39 is 5.91 Å². The number of amides is 2. The van der Waals surface area contributed by atoms with Crippen molar-refractivity contribution in [2.24, 2.45) is 0 Å². The number of ether oxygens (including phenoxy) is 1. The Bertz CT molecular complexity index is 1160. The Hall–Kier alpha value is -3.86. The number of benzene rings is 3. The Balaban J connectivity index is 1.86. The van der Waals surface area contributed by atoms with E-state index in [1.165, 1.54) is 4.90 Å². The first-order chi connectivity index (χ1) is 14.5. The van der Waals surface area contributed by atoms with Crippen LogP contribution in [0.15, 0.2) is 78.5 Å². The van der Waals surface area contributed by atoms with Crippen LogP contribution in [0.1, 0.15) is 16.7 Å². The van der Waals surface area contributed by atoms with Gasteiger partial charge in [0, 0.05) is 0 Å². The second-order valence-corrected chi connectivity index (χ2v) is 7.17. The van der Waals surface area contributed by atoms with Gasteiger partial charge in [-0.05, 0) is 43.2 Å². The highest BCUT2D eigenvalue weighted by atomic mass is 16.5. The molecule has 0 unspecified atom stereocenters. The molecule has 0 aliphatic carbocycles. The van der Waals surface area contributed by atoms with E-state index >= 15 is 0 Å². The predicted molar refractivity (Wildman–Crippen MR) is 118 cm³/mol. The van der Waals surface area contributed by atoms with Crippen molar-refractivity contribution < 1.29 is 14.3 Å². The maximum Gasteiger partial charge on any atom is 0.282 e. The Morgan fingerprint density at radius 1 is 0.800 bits per heavy atom. The number of para-hydroxylation sites is 3. The van der Waals surface area contributed by atoms with Gasteiger partial charge in [-0.15, -0.1) is 0 Å². The number of aryl methyl sites for hydroxylation is 2. The lowest BCUT2D eigenvalue weighted by molar-refractivity contribution is -0.120. The van der Waals surface area contributed by atoms with Crippen molar-refractivity contribution in [3.8, 4) is 5.75 Å². The first-order valence-corrected chi connectivity index (χ1v) is 9.67. The molecule has 1 N–H and O–H groups in total. The Morgan fingerprint density at radius 3 is 2.17 bits per heavy atom. The Labute approximate surface area is 175 Å². The number of anilines is 2. The van der Waals surface area contributed by atoms with Crippen LogP contribution in [0.4, 0.5) is 11.4 Å². The van der Waals surface area contributed by atoms with Crippen LogP contribution in [-0.2, 0) is 9.59 Å². The van der Waals surface area contributed by atoms with Crippen molar-refractivity contribution in [3.63, 3.8) is 0 Å². The highest BCUT2D eigenvalue weighted by Gasteiger charge is 2.40. The predicted octanol–water partition coefficient (Wildman–Crippen LogP) is 4.71. The average molecular weight is 398 g/mol. The Kier molecular flexibility index (Phi) is 5.11. The highest BCUT2D eigenvalue weighted by Crippen LogP contribution is 2.36. The summed E-state index contributed by atoms with van der Waals surface area (Å²) in [5.74, 6) is -0.158. The monoisotopic (exact) mass is 398 g/mol. The van der Waals surface area contributed by atoms with Crippen LogP contribution in [-0.4, -0.2) is 18.9 Å². The fraction of sp³-hybridized carbons (Fsp3) is 0.120. The summed E-state index contributed by atoms with van der Waals surface area (Å²) in [6.07, 6.45) is 0. The third-order valence-electron chi connectivity index (χ3n) is 5.15. The van der Waals surface area contributed by atoms with E-state index in [1.54, 1.807) is 19.2 Å². The normalized spacial score (nSPS) is 13.8. The standard InChI is InChI=1S/C25H22N2O3/c1-16-12-14-18(15-13-16)22-23(26-19-9-5-7-11-21(19)30-3)25(29)27(24(22)28)20-10-6-4-8-17(20)2/h4-15,26H,1-3H3. The maximum absolute atomic E-state index is 13.5. The molecule has 0 atom stereocenters. The van der Waals surface area contributed by atoms with E-state index in [2.05, 4.69) is 5.32 Å². The molecule has 1 aliphatic rings. The van der Waals surface area contributed by atoms with Crippen molar-refractivity contribution in [3.05, 3.63) is 95.2 Å². The summed E-state index contributed by atoms with van der Waals surface area (Å²) in [7, 11) is 1.57. The summed E-state index contributed by atoms with van der Waals surface area (Å²) < 4.78 is 5.41. The van der Waals surface area contributed by atoms with E-state index in [0.29, 0.717) is 28.3 Å². The number of carbonyl (C=O) groups excluding carboxylic acids is 2. The number of hydrogen-bond acceptors (Lipinski definition) is 4. The zero-order chi connectivity index (χ0) is 21.3. The molecule has 0 bridgehead atoms. The van der Waals surface area contributed by atoms with Gasteiger partial charge < -0.3 is 10.1 Å². The summed E-state index contributed by atoms with van der Waals surface area (Å²) in [5, 5.41) is 3.17. The first kappa shape index (κ1) is 19.5. The number of hydrogen-bond donors (Lipinski definition) is 1. The van der Waals surface area contributed by atoms with Gasteiger partial charge in [0.25, 0.3) is 11.8 Å². The van der Waals surface area contributed by atoms with Gasteiger partial charge in [-0.3, -0.25) is 9.59 Å². The molecule has 0 aromatic heterocycles. The van der Waals surface area contributed by atoms with Gasteiger partial charge in [0.2, 0.25) is 0 Å². The minimum atomic E-state index is -0.393. The number of imide groups is 1. The quantitative estimate of drug-likeness (QED) is 0.633. The van der Waals surface area contributed by atoms with Gasteiger partial charge in [-0.25, -0.2) is 4.90 Å². The molecule has 3 aromatic carbocycles. The molecule has 0 spiro atoms. The van der Waals surface area contributed by atoms with Gasteiger partial charge in [0.05, 0.1) is 24.1 Å². The molecule has 150 valence electrons. The van der Waals surface area contributed by atoms with E-state index in [-0.39, 0.29) is 11.6 Å². The molecule has 0 saturated carbocycles. The average Bonchev–Trinajstić information content (AvgIpc) is 2.99. The number of nitrogens with one attached hydrogen (secondary N) is 1. The molecular formula is C25H22N2O3. The Morgan fingerprint density at radius 2 is 1.47 bits per heavy atom. The lowest BCUT2D eigenvalue weighted by Gasteiger charge is -2.18. The molecule has 4 rings (SSSR count). The van der Waals surface area contributed by atoms with Gasteiger partial charge in [0.15, 0.2) is 0 Å². The van der Waals surface area contributed by atoms with Crippen molar-refractivity contribution >= 4 is 28.8 Å². The molecule has 1 aliphatic heterocycles. The zero-order valence-corrected chi connectivity index (χ0v) is 17.1. The van der Waals surface area contributed by atoms with Crippen molar-refractivity contribution in [1.82, 2.24) is 0 Å². The molecule has 5 nitrogen and oxygen atoms in total. The largest absolute Gasteiger partial charge is 0.495 e. The summed E-state index contributed by atoms with van der Waals surface area (Å²) in [4.78, 5) is 28.2. The van der Waals surface area contributed by atoms with E-state index in [4.69, 9.17) is 4.74 Å². The molecule has 0 fully saturated rings. The van der Waals surface area contributed by atoms with Crippen LogP contribution in [0.3, 0.4) is 0 Å². The summed E-state index contributed by atoms with van der Waals surface area (Å²) in [6.45, 7) is 3.86. The molecule has 0 saturated heterocycles. The first-order valence-electron chi connectivity index (χ1n) is 9.67. The van der Waals surface area contributed by atoms with Gasteiger partial charge in [0.1, 0.15) is 11.4 Å². The van der Waals surface area contributed by atoms with Gasteiger partial charge in [-0.2, -0.15) is 0 Å². The van der Waals surface area contributed by atoms with E-state index in [0.717, 1.165) is 11.1 Å². The van der Waals surface area contributed by atoms with Crippen molar-refractivity contribution in [2.75, 3.05) is 17.3 Å². The van der Waals surface area contributed by atoms with Gasteiger partial charge >= 0.3 is 0 Å². The number of nitrogens with zero attached hydrogens (tertiary/aromatic N) is 1. The van der Waals surface area contributed by atoms with Crippen LogP contribution in [0.5, 0.6) is 5.75 Å². The van der Waals surface area contributed by atoms with Crippen molar-refractivity contribution in [1.29, 1.82) is 0 Å². The molecule has 30 heavy (non-hydrogen) atoms. The van der Waals surface area contributed by atoms with E-state index in [9.17, 15) is 9.59 Å². The summed E-state index contributed by atoms with van der Waals surface area (Å²) in [5.41, 5.74) is 4.38. The SMILES string of the molecule is COc1ccccc1NC1=C(c2ccc(C)cc2)C(=O)N(c2ccccc2C)C1=O. The zero-order valence-electron chi connectivity index (χ0n) is 17.1. The van der Waals surface area contributed by atoms with Crippen LogP contribution in [0.25, 0.3) is 5.57 Å². The van der Waals surface area contributed by atoms with Crippen LogP contribution in [0, 0.1) is 13.8 Å². The second-order valence-electron chi connectivity index (χ2n) is 7.17. The molecule has 1 heterocycles. The van der Waals surface area contributed by atoms with Crippen LogP contribution in [0.2, 0.25) is 0 Å².